The minimum absolute atomic E-state index is 0.534. The molecule has 0 spiro atoms. The minimum Gasteiger partial charge on any atom is -0.372 e. The molecule has 0 aromatic heterocycles. The molecule has 0 bridgehead atoms. The van der Waals surface area contributed by atoms with E-state index in [0.29, 0.717) is 18.8 Å². The molecular formula is C10H9BrF2O. The fourth-order valence-electron chi connectivity index (χ4n) is 1.51. The molecule has 76 valence electrons. The molecule has 1 unspecified atom stereocenters. The van der Waals surface area contributed by atoms with Crippen LogP contribution in [0.4, 0.5) is 8.78 Å². The summed E-state index contributed by atoms with van der Waals surface area (Å²) in [6.07, 6.45) is -2.38. The van der Waals surface area contributed by atoms with Gasteiger partial charge in [0.1, 0.15) is 4.83 Å². The fourth-order valence-corrected chi connectivity index (χ4v) is 1.79. The zero-order chi connectivity index (χ0) is 10.1. The van der Waals surface area contributed by atoms with Gasteiger partial charge >= 0.3 is 0 Å². The summed E-state index contributed by atoms with van der Waals surface area (Å²) in [4.78, 5) is -0.881. The Hall–Kier alpha value is -0.480. The molecular weight excluding hydrogens is 254 g/mol. The summed E-state index contributed by atoms with van der Waals surface area (Å²) in [6.45, 7) is 1.13. The van der Waals surface area contributed by atoms with Crippen molar-refractivity contribution < 1.29 is 13.5 Å². The van der Waals surface area contributed by atoms with Crippen LogP contribution >= 0.6 is 15.9 Å². The number of hydrogen-bond acceptors (Lipinski definition) is 1. The van der Waals surface area contributed by atoms with E-state index in [1.165, 1.54) is 0 Å². The molecule has 0 fully saturated rings. The molecule has 2 rings (SSSR count). The molecule has 1 aromatic carbocycles. The van der Waals surface area contributed by atoms with E-state index in [1.54, 1.807) is 12.1 Å². The van der Waals surface area contributed by atoms with Crippen molar-refractivity contribution in [3.63, 3.8) is 0 Å². The smallest absolute Gasteiger partial charge is 0.255 e. The Bertz CT molecular complexity index is 341. The predicted molar refractivity (Wildman–Crippen MR) is 52.6 cm³/mol. The van der Waals surface area contributed by atoms with Crippen LogP contribution in [0.25, 0.3) is 0 Å². The van der Waals surface area contributed by atoms with Crippen LogP contribution in [0.2, 0.25) is 0 Å². The molecule has 4 heteroatoms. The molecule has 14 heavy (non-hydrogen) atoms. The third kappa shape index (κ3) is 1.81. The summed E-state index contributed by atoms with van der Waals surface area (Å²) in [5.74, 6) is 0. The van der Waals surface area contributed by atoms with Gasteiger partial charge in [0.25, 0.3) is 6.43 Å². The van der Waals surface area contributed by atoms with Crippen molar-refractivity contribution in [2.75, 3.05) is 0 Å². The first kappa shape index (κ1) is 10.1. The first-order valence-corrected chi connectivity index (χ1v) is 5.21. The van der Waals surface area contributed by atoms with E-state index < -0.39 is 11.3 Å². The summed E-state index contributed by atoms with van der Waals surface area (Å²) >= 11 is 2.97. The highest BCUT2D eigenvalue weighted by atomic mass is 79.9. The molecule has 1 heterocycles. The van der Waals surface area contributed by atoms with Gasteiger partial charge in [-0.05, 0) is 16.7 Å². The van der Waals surface area contributed by atoms with Gasteiger partial charge in [-0.25, -0.2) is 8.78 Å². The van der Waals surface area contributed by atoms with Crippen molar-refractivity contribution >= 4 is 15.9 Å². The second-order valence-corrected chi connectivity index (χ2v) is 4.24. The summed E-state index contributed by atoms with van der Waals surface area (Å²) < 4.78 is 30.0. The van der Waals surface area contributed by atoms with E-state index in [-0.39, 0.29) is 0 Å². The maximum absolute atomic E-state index is 12.4. The third-order valence-electron chi connectivity index (χ3n) is 2.29. The van der Waals surface area contributed by atoms with Crippen molar-refractivity contribution in [1.82, 2.24) is 0 Å². The van der Waals surface area contributed by atoms with Gasteiger partial charge in [-0.3, -0.25) is 0 Å². The first-order valence-electron chi connectivity index (χ1n) is 4.30. The highest BCUT2D eigenvalue weighted by Crippen LogP contribution is 2.32. The van der Waals surface area contributed by atoms with Gasteiger partial charge < -0.3 is 4.74 Å². The Morgan fingerprint density at radius 1 is 1.21 bits per heavy atom. The SMILES string of the molecule is FC(F)C(Br)c1ccc2c(c1)COC2. The molecule has 1 aliphatic rings. The van der Waals surface area contributed by atoms with E-state index in [2.05, 4.69) is 15.9 Å². The molecule has 0 N–H and O–H groups in total. The van der Waals surface area contributed by atoms with E-state index in [0.717, 1.165) is 11.1 Å². The van der Waals surface area contributed by atoms with E-state index in [9.17, 15) is 8.78 Å². The second kappa shape index (κ2) is 3.95. The monoisotopic (exact) mass is 262 g/mol. The number of ether oxygens (including phenoxy) is 1. The molecule has 0 amide bonds. The average molecular weight is 263 g/mol. The van der Waals surface area contributed by atoms with Crippen molar-refractivity contribution in [3.8, 4) is 0 Å². The average Bonchev–Trinajstić information content (AvgIpc) is 2.62. The van der Waals surface area contributed by atoms with Crippen LogP contribution in [0.5, 0.6) is 0 Å². The van der Waals surface area contributed by atoms with Crippen molar-refractivity contribution in [3.05, 3.63) is 34.9 Å². The molecule has 1 atom stereocenters. The Balaban J connectivity index is 2.28. The number of hydrogen-bond donors (Lipinski definition) is 0. The van der Waals surface area contributed by atoms with Crippen LogP contribution in [0.15, 0.2) is 18.2 Å². The van der Waals surface area contributed by atoms with Crippen LogP contribution < -0.4 is 0 Å². The van der Waals surface area contributed by atoms with E-state index in [4.69, 9.17) is 4.74 Å². The Morgan fingerprint density at radius 2 is 1.93 bits per heavy atom. The molecule has 0 saturated carbocycles. The normalized spacial score (nSPS) is 17.1. The number of fused-ring (bicyclic) bond motifs is 1. The number of halogens is 3. The maximum atomic E-state index is 12.4. The predicted octanol–water partition coefficient (Wildman–Crippen LogP) is 3.42. The molecule has 1 aliphatic heterocycles. The van der Waals surface area contributed by atoms with Crippen LogP contribution in [0.3, 0.4) is 0 Å². The summed E-state index contributed by atoms with van der Waals surface area (Å²) in [7, 11) is 0. The zero-order valence-corrected chi connectivity index (χ0v) is 8.93. The topological polar surface area (TPSA) is 9.23 Å². The third-order valence-corrected chi connectivity index (χ3v) is 3.21. The lowest BCUT2D eigenvalue weighted by molar-refractivity contribution is 0.134. The van der Waals surface area contributed by atoms with Gasteiger partial charge in [0.15, 0.2) is 0 Å². The van der Waals surface area contributed by atoms with Crippen molar-refractivity contribution in [1.29, 1.82) is 0 Å². The van der Waals surface area contributed by atoms with Crippen molar-refractivity contribution in [2.24, 2.45) is 0 Å². The maximum Gasteiger partial charge on any atom is 0.255 e. The Morgan fingerprint density at radius 3 is 2.64 bits per heavy atom. The molecule has 1 aromatic rings. The zero-order valence-electron chi connectivity index (χ0n) is 7.34. The van der Waals surface area contributed by atoms with Gasteiger partial charge in [0.05, 0.1) is 13.2 Å². The standard InChI is InChI=1S/C10H9BrF2O/c11-9(10(12)13)6-1-2-7-4-14-5-8(7)3-6/h1-3,9-10H,4-5H2. The van der Waals surface area contributed by atoms with Gasteiger partial charge in [-0.1, -0.05) is 34.1 Å². The Kier molecular flexibility index (Phi) is 2.83. The van der Waals surface area contributed by atoms with Gasteiger partial charge in [0.2, 0.25) is 0 Å². The van der Waals surface area contributed by atoms with Crippen LogP contribution in [0.1, 0.15) is 21.5 Å². The van der Waals surface area contributed by atoms with E-state index >= 15 is 0 Å². The van der Waals surface area contributed by atoms with E-state index in [1.807, 2.05) is 6.07 Å². The highest BCUT2D eigenvalue weighted by Gasteiger charge is 2.21. The highest BCUT2D eigenvalue weighted by molar-refractivity contribution is 9.09. The molecule has 0 radical (unpaired) electrons. The largest absolute Gasteiger partial charge is 0.372 e. The lowest BCUT2D eigenvalue weighted by atomic mass is 10.0. The van der Waals surface area contributed by atoms with Gasteiger partial charge in [0, 0.05) is 0 Å². The lowest BCUT2D eigenvalue weighted by Gasteiger charge is -2.09. The summed E-state index contributed by atoms with van der Waals surface area (Å²) in [6, 6.07) is 5.36. The van der Waals surface area contributed by atoms with Gasteiger partial charge in [-0.2, -0.15) is 0 Å². The van der Waals surface area contributed by atoms with Gasteiger partial charge in [-0.15, -0.1) is 0 Å². The Labute approximate surface area is 89.2 Å². The molecule has 1 nitrogen and oxygen atoms in total. The molecule has 0 aliphatic carbocycles. The van der Waals surface area contributed by atoms with Crippen molar-refractivity contribution in [2.45, 2.75) is 24.5 Å². The number of alkyl halides is 3. The fraction of sp³-hybridized carbons (Fsp3) is 0.400. The summed E-state index contributed by atoms with van der Waals surface area (Å²) in [5.41, 5.74) is 2.74. The van der Waals surface area contributed by atoms with Crippen LogP contribution in [-0.4, -0.2) is 6.43 Å². The second-order valence-electron chi connectivity index (χ2n) is 3.26. The van der Waals surface area contributed by atoms with Crippen LogP contribution in [-0.2, 0) is 18.0 Å². The number of rotatable bonds is 2. The lowest BCUT2D eigenvalue weighted by Crippen LogP contribution is -2.02. The minimum atomic E-state index is -2.38. The number of benzene rings is 1. The first-order chi connectivity index (χ1) is 6.68. The quantitative estimate of drug-likeness (QED) is 0.743. The molecule has 0 saturated heterocycles. The van der Waals surface area contributed by atoms with Crippen LogP contribution in [0, 0.1) is 0 Å². The summed E-state index contributed by atoms with van der Waals surface area (Å²) in [5, 5.41) is 0.